The van der Waals surface area contributed by atoms with Crippen molar-refractivity contribution in [3.63, 3.8) is 0 Å². The minimum Gasteiger partial charge on any atom is -0.356 e. The van der Waals surface area contributed by atoms with Crippen molar-refractivity contribution < 1.29 is 4.79 Å². The largest absolute Gasteiger partial charge is 0.356 e. The molecule has 0 saturated heterocycles. The second kappa shape index (κ2) is 8.80. The third-order valence-electron chi connectivity index (χ3n) is 5.49. The van der Waals surface area contributed by atoms with Gasteiger partial charge in [-0.05, 0) is 49.9 Å². The summed E-state index contributed by atoms with van der Waals surface area (Å²) in [5.41, 5.74) is 0.384. The molecule has 2 heteroatoms. The average Bonchev–Trinajstić information content (AvgIpc) is 2.43. The maximum absolute atomic E-state index is 12.5. The lowest BCUT2D eigenvalue weighted by atomic mass is 9.61. The van der Waals surface area contributed by atoms with Crippen LogP contribution in [0.4, 0.5) is 0 Å². The van der Waals surface area contributed by atoms with Crippen molar-refractivity contribution in [3.8, 4) is 0 Å². The van der Waals surface area contributed by atoms with Crippen molar-refractivity contribution in [1.82, 2.24) is 5.32 Å². The molecule has 0 aliphatic heterocycles. The van der Waals surface area contributed by atoms with Crippen LogP contribution >= 0.6 is 0 Å². The van der Waals surface area contributed by atoms with Gasteiger partial charge in [-0.25, -0.2) is 0 Å². The number of amides is 1. The van der Waals surface area contributed by atoms with Gasteiger partial charge in [-0.3, -0.25) is 4.79 Å². The zero-order valence-electron chi connectivity index (χ0n) is 15.0. The minimum atomic E-state index is 0.231. The first kappa shape index (κ1) is 18.5. The van der Waals surface area contributed by atoms with E-state index in [4.69, 9.17) is 0 Å². The Hall–Kier alpha value is -0.530. The standard InChI is InChI=1S/C19H37NO/c1-6-8-9-10-12-19(5)13-11-16(15(3)4)17(14-19)18(21)20-7-2/h15-17H,6-14H2,1-5H3,(H,20,21). The first-order valence-electron chi connectivity index (χ1n) is 9.21. The Morgan fingerprint density at radius 1 is 1.24 bits per heavy atom. The van der Waals surface area contributed by atoms with E-state index >= 15 is 0 Å². The summed E-state index contributed by atoms with van der Waals surface area (Å²) < 4.78 is 0. The van der Waals surface area contributed by atoms with Gasteiger partial charge in [0.15, 0.2) is 0 Å². The summed E-state index contributed by atoms with van der Waals surface area (Å²) in [6.07, 6.45) is 10.3. The molecule has 0 heterocycles. The van der Waals surface area contributed by atoms with E-state index in [9.17, 15) is 4.79 Å². The highest BCUT2D eigenvalue weighted by Gasteiger charge is 2.41. The van der Waals surface area contributed by atoms with E-state index in [0.29, 0.717) is 23.2 Å². The van der Waals surface area contributed by atoms with Crippen LogP contribution in [0.5, 0.6) is 0 Å². The monoisotopic (exact) mass is 295 g/mol. The molecular weight excluding hydrogens is 258 g/mol. The molecule has 1 amide bonds. The third-order valence-corrected chi connectivity index (χ3v) is 5.49. The lowest BCUT2D eigenvalue weighted by molar-refractivity contribution is -0.130. The van der Waals surface area contributed by atoms with Crippen molar-refractivity contribution in [1.29, 1.82) is 0 Å². The normalized spacial score (nSPS) is 29.6. The van der Waals surface area contributed by atoms with Crippen LogP contribution in [0.15, 0.2) is 0 Å². The number of rotatable bonds is 8. The highest BCUT2D eigenvalue weighted by molar-refractivity contribution is 5.79. The van der Waals surface area contributed by atoms with Crippen LogP contribution in [-0.2, 0) is 4.79 Å². The molecule has 0 aromatic rings. The lowest BCUT2D eigenvalue weighted by Crippen LogP contribution is -2.43. The van der Waals surface area contributed by atoms with E-state index < -0.39 is 0 Å². The van der Waals surface area contributed by atoms with E-state index in [2.05, 4.69) is 33.0 Å². The van der Waals surface area contributed by atoms with Gasteiger partial charge in [0.2, 0.25) is 5.91 Å². The second-order valence-corrected chi connectivity index (χ2v) is 7.77. The molecule has 1 aliphatic carbocycles. The van der Waals surface area contributed by atoms with E-state index in [0.717, 1.165) is 13.0 Å². The number of hydrogen-bond donors (Lipinski definition) is 1. The molecule has 1 saturated carbocycles. The molecule has 3 unspecified atom stereocenters. The van der Waals surface area contributed by atoms with Gasteiger partial charge in [0.25, 0.3) is 0 Å². The number of unbranched alkanes of at least 4 members (excludes halogenated alkanes) is 3. The zero-order valence-corrected chi connectivity index (χ0v) is 15.0. The molecule has 0 bridgehead atoms. The summed E-state index contributed by atoms with van der Waals surface area (Å²) in [6, 6.07) is 0. The number of carbonyl (C=O) groups is 1. The Bertz CT molecular complexity index is 313. The third kappa shape index (κ3) is 5.64. The van der Waals surface area contributed by atoms with Crippen LogP contribution in [0.1, 0.15) is 86.0 Å². The molecular formula is C19H37NO. The first-order chi connectivity index (χ1) is 9.93. The number of hydrogen-bond acceptors (Lipinski definition) is 1. The van der Waals surface area contributed by atoms with Crippen molar-refractivity contribution in [2.24, 2.45) is 23.2 Å². The van der Waals surface area contributed by atoms with Gasteiger partial charge in [-0.15, -0.1) is 0 Å². The molecule has 21 heavy (non-hydrogen) atoms. The quantitative estimate of drug-likeness (QED) is 0.615. The topological polar surface area (TPSA) is 29.1 Å². The molecule has 0 aromatic heterocycles. The average molecular weight is 296 g/mol. The summed E-state index contributed by atoms with van der Waals surface area (Å²) in [5.74, 6) is 1.72. The summed E-state index contributed by atoms with van der Waals surface area (Å²) in [6.45, 7) is 12.0. The maximum atomic E-state index is 12.5. The van der Waals surface area contributed by atoms with Gasteiger partial charge in [0.1, 0.15) is 0 Å². The van der Waals surface area contributed by atoms with Gasteiger partial charge in [0.05, 0.1) is 0 Å². The molecule has 124 valence electrons. The number of nitrogens with one attached hydrogen (secondary N) is 1. The van der Waals surface area contributed by atoms with Crippen LogP contribution in [0.25, 0.3) is 0 Å². The summed E-state index contributed by atoms with van der Waals surface area (Å²) in [4.78, 5) is 12.5. The molecule has 0 aromatic carbocycles. The summed E-state index contributed by atoms with van der Waals surface area (Å²) in [5, 5.41) is 3.08. The Kier molecular flexibility index (Phi) is 7.76. The molecule has 0 radical (unpaired) electrons. The highest BCUT2D eigenvalue weighted by Crippen LogP contribution is 2.47. The van der Waals surface area contributed by atoms with E-state index in [1.54, 1.807) is 0 Å². The molecule has 1 fully saturated rings. The SMILES string of the molecule is CCCCCCC1(C)CCC(C(C)C)C(C(=O)NCC)C1. The fraction of sp³-hybridized carbons (Fsp3) is 0.947. The van der Waals surface area contributed by atoms with Gasteiger partial charge in [-0.1, -0.05) is 53.4 Å². The molecule has 2 nitrogen and oxygen atoms in total. The Morgan fingerprint density at radius 3 is 2.52 bits per heavy atom. The Morgan fingerprint density at radius 2 is 1.95 bits per heavy atom. The predicted molar refractivity (Wildman–Crippen MR) is 91.2 cm³/mol. The fourth-order valence-corrected chi connectivity index (χ4v) is 4.10. The maximum Gasteiger partial charge on any atom is 0.223 e. The van der Waals surface area contributed by atoms with Gasteiger partial charge >= 0.3 is 0 Å². The van der Waals surface area contributed by atoms with Crippen LogP contribution < -0.4 is 5.32 Å². The molecule has 0 spiro atoms. The Balaban J connectivity index is 2.64. The van der Waals surface area contributed by atoms with Crippen LogP contribution in [0.3, 0.4) is 0 Å². The fourth-order valence-electron chi connectivity index (χ4n) is 4.10. The number of carbonyl (C=O) groups excluding carboxylic acids is 1. The molecule has 1 rings (SSSR count). The van der Waals surface area contributed by atoms with Gasteiger partial charge in [0, 0.05) is 12.5 Å². The van der Waals surface area contributed by atoms with Crippen molar-refractivity contribution in [3.05, 3.63) is 0 Å². The Labute approximate surface area is 132 Å². The van der Waals surface area contributed by atoms with Crippen molar-refractivity contribution in [2.45, 2.75) is 86.0 Å². The van der Waals surface area contributed by atoms with Crippen molar-refractivity contribution >= 4 is 5.91 Å². The van der Waals surface area contributed by atoms with Crippen molar-refractivity contribution in [2.75, 3.05) is 6.54 Å². The van der Waals surface area contributed by atoms with Crippen LogP contribution in [0, 0.1) is 23.2 Å². The minimum absolute atomic E-state index is 0.231. The van der Waals surface area contributed by atoms with E-state index in [1.807, 2.05) is 6.92 Å². The van der Waals surface area contributed by atoms with Crippen LogP contribution in [0.2, 0.25) is 0 Å². The summed E-state index contributed by atoms with van der Waals surface area (Å²) in [7, 11) is 0. The van der Waals surface area contributed by atoms with E-state index in [-0.39, 0.29) is 5.92 Å². The molecule has 1 N–H and O–H groups in total. The molecule has 3 atom stereocenters. The molecule has 1 aliphatic rings. The lowest BCUT2D eigenvalue weighted by Gasteiger charge is -2.44. The van der Waals surface area contributed by atoms with E-state index in [1.165, 1.54) is 44.9 Å². The highest BCUT2D eigenvalue weighted by atomic mass is 16.1. The summed E-state index contributed by atoms with van der Waals surface area (Å²) >= 11 is 0. The second-order valence-electron chi connectivity index (χ2n) is 7.77. The smallest absolute Gasteiger partial charge is 0.223 e. The first-order valence-corrected chi connectivity index (χ1v) is 9.21. The van der Waals surface area contributed by atoms with Crippen LogP contribution in [-0.4, -0.2) is 12.5 Å². The van der Waals surface area contributed by atoms with Gasteiger partial charge < -0.3 is 5.32 Å². The zero-order chi connectivity index (χ0) is 15.9. The van der Waals surface area contributed by atoms with Gasteiger partial charge in [-0.2, -0.15) is 0 Å². The predicted octanol–water partition coefficient (Wildman–Crippen LogP) is 5.17.